The van der Waals surface area contributed by atoms with Crippen LogP contribution in [0.4, 0.5) is 0 Å². The minimum atomic E-state index is 0.987. The fourth-order valence-corrected chi connectivity index (χ4v) is 1.70. The zero-order valence-corrected chi connectivity index (χ0v) is 7.80. The Bertz CT molecular complexity index is 350. The molecule has 0 bridgehead atoms. The van der Waals surface area contributed by atoms with Gasteiger partial charge in [0.25, 0.3) is 0 Å². The van der Waals surface area contributed by atoms with E-state index in [1.54, 1.807) is 6.20 Å². The van der Waals surface area contributed by atoms with Gasteiger partial charge >= 0.3 is 0 Å². The SMILES string of the molecule is Cc1sncc1-c1nccn1C. The summed E-state index contributed by atoms with van der Waals surface area (Å²) in [5, 5.41) is 0. The van der Waals surface area contributed by atoms with Crippen molar-refractivity contribution in [1.82, 2.24) is 13.9 Å². The second-order valence-electron chi connectivity index (χ2n) is 2.66. The molecule has 0 amide bonds. The molecular formula is C8H9N3S. The van der Waals surface area contributed by atoms with Crippen LogP contribution in [0.25, 0.3) is 11.4 Å². The first-order chi connectivity index (χ1) is 5.79. The van der Waals surface area contributed by atoms with E-state index in [9.17, 15) is 0 Å². The summed E-state index contributed by atoms with van der Waals surface area (Å²) in [4.78, 5) is 5.46. The van der Waals surface area contributed by atoms with Gasteiger partial charge in [0.2, 0.25) is 0 Å². The van der Waals surface area contributed by atoms with E-state index < -0.39 is 0 Å². The van der Waals surface area contributed by atoms with Crippen molar-refractivity contribution < 1.29 is 0 Å². The topological polar surface area (TPSA) is 30.7 Å². The van der Waals surface area contributed by atoms with Crippen molar-refractivity contribution in [2.45, 2.75) is 6.92 Å². The summed E-state index contributed by atoms with van der Waals surface area (Å²) in [7, 11) is 1.99. The van der Waals surface area contributed by atoms with Crippen LogP contribution in [0.15, 0.2) is 18.6 Å². The number of hydrogen-bond donors (Lipinski definition) is 0. The molecule has 0 aliphatic rings. The molecule has 4 heteroatoms. The Morgan fingerprint density at radius 1 is 1.50 bits per heavy atom. The zero-order chi connectivity index (χ0) is 8.55. The van der Waals surface area contributed by atoms with Gasteiger partial charge in [0.05, 0.1) is 11.8 Å². The monoisotopic (exact) mass is 179 g/mol. The van der Waals surface area contributed by atoms with Gasteiger partial charge in [-0.05, 0) is 18.5 Å². The molecule has 2 rings (SSSR count). The van der Waals surface area contributed by atoms with E-state index in [0.29, 0.717) is 0 Å². The standard InChI is InChI=1S/C8H9N3S/c1-6-7(5-10-12-6)8-9-3-4-11(8)2/h3-5H,1-2H3. The summed E-state index contributed by atoms with van der Waals surface area (Å²) in [6.07, 6.45) is 5.60. The summed E-state index contributed by atoms with van der Waals surface area (Å²) in [6, 6.07) is 0. The summed E-state index contributed by atoms with van der Waals surface area (Å²) in [6.45, 7) is 2.06. The van der Waals surface area contributed by atoms with E-state index >= 15 is 0 Å². The van der Waals surface area contributed by atoms with Gasteiger partial charge in [-0.3, -0.25) is 0 Å². The average molecular weight is 179 g/mol. The molecule has 2 aromatic heterocycles. The number of nitrogens with zero attached hydrogens (tertiary/aromatic N) is 3. The van der Waals surface area contributed by atoms with Crippen LogP contribution in [-0.4, -0.2) is 13.9 Å². The molecule has 0 aromatic carbocycles. The van der Waals surface area contributed by atoms with Gasteiger partial charge in [0.15, 0.2) is 0 Å². The Morgan fingerprint density at radius 3 is 2.83 bits per heavy atom. The summed E-state index contributed by atoms with van der Waals surface area (Å²) >= 11 is 1.51. The molecule has 0 atom stereocenters. The van der Waals surface area contributed by atoms with E-state index in [0.717, 1.165) is 11.4 Å². The van der Waals surface area contributed by atoms with Gasteiger partial charge in [-0.25, -0.2) is 9.36 Å². The first kappa shape index (κ1) is 7.49. The molecule has 0 aliphatic carbocycles. The van der Waals surface area contributed by atoms with Crippen LogP contribution in [0.5, 0.6) is 0 Å². The molecule has 12 heavy (non-hydrogen) atoms. The molecule has 0 spiro atoms. The molecule has 0 N–H and O–H groups in total. The lowest BCUT2D eigenvalue weighted by molar-refractivity contribution is 0.924. The minimum absolute atomic E-state index is 0.987. The molecular weight excluding hydrogens is 170 g/mol. The Balaban J connectivity index is 2.57. The maximum absolute atomic E-state index is 4.25. The molecule has 0 aliphatic heterocycles. The highest BCUT2D eigenvalue weighted by Crippen LogP contribution is 2.22. The van der Waals surface area contributed by atoms with Crippen molar-refractivity contribution in [3.63, 3.8) is 0 Å². The highest BCUT2D eigenvalue weighted by molar-refractivity contribution is 7.06. The molecule has 0 saturated heterocycles. The average Bonchev–Trinajstić information content (AvgIpc) is 2.59. The lowest BCUT2D eigenvalue weighted by Crippen LogP contribution is -1.90. The van der Waals surface area contributed by atoms with Gasteiger partial charge < -0.3 is 4.57 Å². The lowest BCUT2D eigenvalue weighted by atomic mass is 10.3. The molecule has 0 radical (unpaired) electrons. The van der Waals surface area contributed by atoms with Crippen LogP contribution >= 0.6 is 11.5 Å². The molecule has 62 valence electrons. The second kappa shape index (κ2) is 2.71. The normalized spacial score (nSPS) is 10.5. The zero-order valence-electron chi connectivity index (χ0n) is 6.98. The third-order valence-corrected chi connectivity index (χ3v) is 2.52. The van der Waals surface area contributed by atoms with E-state index in [-0.39, 0.29) is 0 Å². The van der Waals surface area contributed by atoms with Crippen molar-refractivity contribution in [1.29, 1.82) is 0 Å². The molecule has 0 unspecified atom stereocenters. The fourth-order valence-electron chi connectivity index (χ4n) is 1.14. The number of imidazole rings is 1. The first-order valence-electron chi connectivity index (χ1n) is 3.68. The number of aromatic nitrogens is 3. The van der Waals surface area contributed by atoms with Crippen molar-refractivity contribution in [2.75, 3.05) is 0 Å². The molecule has 0 saturated carbocycles. The maximum Gasteiger partial charge on any atom is 0.142 e. The van der Waals surface area contributed by atoms with Crippen LogP contribution in [-0.2, 0) is 7.05 Å². The van der Waals surface area contributed by atoms with Crippen molar-refractivity contribution in [2.24, 2.45) is 7.05 Å². The Hall–Kier alpha value is -1.16. The third-order valence-electron chi connectivity index (χ3n) is 1.81. The largest absolute Gasteiger partial charge is 0.334 e. The number of aryl methyl sites for hydroxylation is 2. The highest BCUT2D eigenvalue weighted by atomic mass is 32.1. The quantitative estimate of drug-likeness (QED) is 0.669. The van der Waals surface area contributed by atoms with E-state index in [1.165, 1.54) is 16.4 Å². The maximum atomic E-state index is 4.25. The first-order valence-corrected chi connectivity index (χ1v) is 4.45. The van der Waals surface area contributed by atoms with E-state index in [4.69, 9.17) is 0 Å². The van der Waals surface area contributed by atoms with E-state index in [2.05, 4.69) is 16.3 Å². The smallest absolute Gasteiger partial charge is 0.142 e. The predicted octanol–water partition coefficient (Wildman–Crippen LogP) is 1.85. The molecule has 3 nitrogen and oxygen atoms in total. The second-order valence-corrected chi connectivity index (χ2v) is 3.66. The lowest BCUT2D eigenvalue weighted by Gasteiger charge is -1.97. The minimum Gasteiger partial charge on any atom is -0.334 e. The van der Waals surface area contributed by atoms with Gasteiger partial charge in [0.1, 0.15) is 5.82 Å². The van der Waals surface area contributed by atoms with Crippen molar-refractivity contribution in [3.05, 3.63) is 23.5 Å². The summed E-state index contributed by atoms with van der Waals surface area (Å²) < 4.78 is 6.10. The summed E-state index contributed by atoms with van der Waals surface area (Å²) in [5.41, 5.74) is 1.13. The van der Waals surface area contributed by atoms with Crippen molar-refractivity contribution >= 4 is 11.5 Å². The molecule has 2 aromatic rings. The van der Waals surface area contributed by atoms with Gasteiger partial charge in [-0.2, -0.15) is 0 Å². The van der Waals surface area contributed by atoms with Crippen molar-refractivity contribution in [3.8, 4) is 11.4 Å². The highest BCUT2D eigenvalue weighted by Gasteiger charge is 2.07. The van der Waals surface area contributed by atoms with Gasteiger partial charge in [0, 0.05) is 24.3 Å². The predicted molar refractivity (Wildman–Crippen MR) is 49.1 cm³/mol. The molecule has 2 heterocycles. The Kier molecular flexibility index (Phi) is 1.69. The Labute approximate surface area is 74.9 Å². The van der Waals surface area contributed by atoms with E-state index in [1.807, 2.05) is 24.0 Å². The van der Waals surface area contributed by atoms with Gasteiger partial charge in [-0.15, -0.1) is 0 Å². The number of rotatable bonds is 1. The van der Waals surface area contributed by atoms with Crippen LogP contribution in [0.1, 0.15) is 4.88 Å². The third kappa shape index (κ3) is 1.04. The van der Waals surface area contributed by atoms with Crippen LogP contribution in [0, 0.1) is 6.92 Å². The molecule has 0 fully saturated rings. The van der Waals surface area contributed by atoms with Crippen LogP contribution < -0.4 is 0 Å². The Morgan fingerprint density at radius 2 is 2.33 bits per heavy atom. The fraction of sp³-hybridized carbons (Fsp3) is 0.250. The summed E-state index contributed by atoms with van der Waals surface area (Å²) in [5.74, 6) is 0.987. The van der Waals surface area contributed by atoms with Crippen LogP contribution in [0.3, 0.4) is 0 Å². The number of hydrogen-bond acceptors (Lipinski definition) is 3. The van der Waals surface area contributed by atoms with Gasteiger partial charge in [-0.1, -0.05) is 0 Å². The van der Waals surface area contributed by atoms with Crippen LogP contribution in [0.2, 0.25) is 0 Å².